The van der Waals surface area contributed by atoms with Gasteiger partial charge in [-0.1, -0.05) is 39.0 Å². The highest BCUT2D eigenvalue weighted by atomic mass is 16.5. The van der Waals surface area contributed by atoms with Crippen LogP contribution in [0.2, 0.25) is 0 Å². The summed E-state index contributed by atoms with van der Waals surface area (Å²) < 4.78 is 5.04. The van der Waals surface area contributed by atoms with E-state index in [1.165, 1.54) is 7.11 Å². The second-order valence-corrected chi connectivity index (χ2v) is 6.84. The van der Waals surface area contributed by atoms with Gasteiger partial charge in [-0.15, -0.1) is 0 Å². The van der Waals surface area contributed by atoms with E-state index < -0.39 is 5.97 Å². The number of carboxylic acids is 1. The maximum absolute atomic E-state index is 11.8. The molecule has 1 aromatic carbocycles. The van der Waals surface area contributed by atoms with Gasteiger partial charge in [0.2, 0.25) is 5.91 Å². The number of carbonyl (C=O) groups excluding carboxylic acids is 1. The molecule has 3 N–H and O–H groups in total. The number of phenolic OH excluding ortho intramolecular Hbond substituents is 1. The van der Waals surface area contributed by atoms with Crippen molar-refractivity contribution in [2.24, 2.45) is 5.92 Å². The molecule has 0 unspecified atom stereocenters. The summed E-state index contributed by atoms with van der Waals surface area (Å²) in [7, 11) is 1.51. The minimum atomic E-state index is -0.711. The molecule has 0 fully saturated rings. The predicted octanol–water partition coefficient (Wildman–Crippen LogP) is 4.66. The molecule has 0 atom stereocenters. The second kappa shape index (κ2) is 15.5. The van der Waals surface area contributed by atoms with Crippen LogP contribution in [0.3, 0.4) is 0 Å². The third-order valence-corrected chi connectivity index (χ3v) is 3.74. The highest BCUT2D eigenvalue weighted by Crippen LogP contribution is 2.26. The zero-order valence-corrected chi connectivity index (χ0v) is 17.5. The lowest BCUT2D eigenvalue weighted by Gasteiger charge is -2.08. The van der Waals surface area contributed by atoms with E-state index in [4.69, 9.17) is 9.84 Å². The van der Waals surface area contributed by atoms with Crippen LogP contribution >= 0.6 is 0 Å². The number of hydrogen-bond acceptors (Lipinski definition) is 4. The average Bonchev–Trinajstić information content (AvgIpc) is 2.64. The van der Waals surface area contributed by atoms with Crippen LogP contribution in [0.15, 0.2) is 30.4 Å². The monoisotopic (exact) mass is 393 g/mol. The minimum Gasteiger partial charge on any atom is -0.504 e. The Bertz CT molecular complexity index is 611. The van der Waals surface area contributed by atoms with Crippen molar-refractivity contribution in [3.05, 3.63) is 35.9 Å². The number of carboxylic acid groups (broad SMARTS) is 1. The molecule has 0 aliphatic carbocycles. The molecule has 6 nitrogen and oxygen atoms in total. The van der Waals surface area contributed by atoms with Crippen LogP contribution in [0.1, 0.15) is 64.9 Å². The molecule has 1 rings (SSSR count). The zero-order valence-electron chi connectivity index (χ0n) is 17.5. The number of aromatic hydroxyl groups is 1. The average molecular weight is 394 g/mol. The molecule has 0 saturated carbocycles. The van der Waals surface area contributed by atoms with Crippen LogP contribution < -0.4 is 10.1 Å². The largest absolute Gasteiger partial charge is 0.504 e. The molecule has 0 saturated heterocycles. The van der Waals surface area contributed by atoms with Crippen molar-refractivity contribution >= 4 is 11.9 Å². The van der Waals surface area contributed by atoms with Crippen LogP contribution in [0.4, 0.5) is 0 Å². The van der Waals surface area contributed by atoms with Crippen LogP contribution in [0, 0.1) is 5.92 Å². The number of rotatable bonds is 11. The number of methoxy groups -OCH3 is 1. The first-order valence-electron chi connectivity index (χ1n) is 9.81. The number of phenols is 1. The first kappa shape index (κ1) is 25.5. The van der Waals surface area contributed by atoms with E-state index in [2.05, 4.69) is 31.3 Å². The van der Waals surface area contributed by atoms with Crippen molar-refractivity contribution < 1.29 is 24.5 Å². The molecule has 158 valence electrons. The highest BCUT2D eigenvalue weighted by molar-refractivity contribution is 5.75. The molecule has 0 heterocycles. The van der Waals surface area contributed by atoms with Gasteiger partial charge in [0, 0.05) is 19.4 Å². The standard InChI is InChI=1S/C18H27NO3.C4H8O2/c1-14(2)8-6-4-5-7-9-18(21)19-13-15-10-11-16(20)17(12-15)22-3;1-2-3-4(5)6/h6,8,10-12,14,20H,4-5,7,9,13H2,1-3H3,(H,19,21);2-3H2,1H3,(H,5,6)/b8-6+;. The maximum atomic E-state index is 11.8. The van der Waals surface area contributed by atoms with Crippen LogP contribution in [0.25, 0.3) is 0 Å². The number of allylic oxidation sites excluding steroid dienone is 2. The summed E-state index contributed by atoms with van der Waals surface area (Å²) in [5.41, 5.74) is 0.905. The fourth-order valence-electron chi connectivity index (χ4n) is 2.25. The Kier molecular flexibility index (Phi) is 14.2. The highest BCUT2D eigenvalue weighted by Gasteiger charge is 2.05. The Labute approximate surface area is 168 Å². The van der Waals surface area contributed by atoms with Gasteiger partial charge in [-0.25, -0.2) is 0 Å². The Morgan fingerprint density at radius 3 is 2.46 bits per heavy atom. The van der Waals surface area contributed by atoms with E-state index in [1.54, 1.807) is 18.2 Å². The van der Waals surface area contributed by atoms with Crippen LogP contribution in [-0.4, -0.2) is 29.2 Å². The van der Waals surface area contributed by atoms with Crippen molar-refractivity contribution in [3.63, 3.8) is 0 Å². The van der Waals surface area contributed by atoms with Gasteiger partial charge in [0.25, 0.3) is 0 Å². The quantitative estimate of drug-likeness (QED) is 0.375. The minimum absolute atomic E-state index is 0.0554. The number of carbonyl (C=O) groups is 2. The van der Waals surface area contributed by atoms with Gasteiger partial charge < -0.3 is 20.3 Å². The summed E-state index contributed by atoms with van der Waals surface area (Å²) in [5.74, 6) is 0.457. The molecule has 1 amide bonds. The fraction of sp³-hybridized carbons (Fsp3) is 0.545. The number of ether oxygens (including phenoxy) is 1. The molecule has 0 aromatic heterocycles. The van der Waals surface area contributed by atoms with E-state index in [0.717, 1.165) is 31.2 Å². The predicted molar refractivity (Wildman–Crippen MR) is 111 cm³/mol. The molecule has 0 radical (unpaired) electrons. The lowest BCUT2D eigenvalue weighted by molar-refractivity contribution is -0.137. The Hall–Kier alpha value is -2.50. The third kappa shape index (κ3) is 13.7. The van der Waals surface area contributed by atoms with Crippen molar-refractivity contribution in [1.82, 2.24) is 5.32 Å². The van der Waals surface area contributed by atoms with Crippen LogP contribution in [0.5, 0.6) is 11.5 Å². The number of amides is 1. The molecule has 1 aromatic rings. The smallest absolute Gasteiger partial charge is 0.303 e. The SMILES string of the molecule is CCCC(=O)O.COc1cc(CNC(=O)CCCC/C=C/C(C)C)ccc1O. The van der Waals surface area contributed by atoms with Gasteiger partial charge in [-0.05, 0) is 49.3 Å². The number of benzene rings is 1. The normalized spacial score (nSPS) is 10.5. The van der Waals surface area contributed by atoms with Gasteiger partial charge in [-0.2, -0.15) is 0 Å². The van der Waals surface area contributed by atoms with Crippen molar-refractivity contribution in [2.45, 2.75) is 65.8 Å². The van der Waals surface area contributed by atoms with Gasteiger partial charge in [-0.3, -0.25) is 9.59 Å². The molecular weight excluding hydrogens is 358 g/mol. The van der Waals surface area contributed by atoms with Gasteiger partial charge in [0.05, 0.1) is 7.11 Å². The number of aliphatic carboxylic acids is 1. The van der Waals surface area contributed by atoms with Crippen molar-refractivity contribution in [3.8, 4) is 11.5 Å². The zero-order chi connectivity index (χ0) is 21.4. The molecule has 0 aliphatic rings. The molecule has 0 bridgehead atoms. The Morgan fingerprint density at radius 2 is 1.93 bits per heavy atom. The molecular formula is C22H35NO5. The molecule has 28 heavy (non-hydrogen) atoms. The summed E-state index contributed by atoms with van der Waals surface area (Å²) in [6, 6.07) is 5.07. The second-order valence-electron chi connectivity index (χ2n) is 6.84. The summed E-state index contributed by atoms with van der Waals surface area (Å²) >= 11 is 0. The van der Waals surface area contributed by atoms with E-state index in [1.807, 2.05) is 6.92 Å². The Balaban J connectivity index is 0.00000105. The van der Waals surface area contributed by atoms with Crippen molar-refractivity contribution in [1.29, 1.82) is 0 Å². The van der Waals surface area contributed by atoms with Crippen molar-refractivity contribution in [2.75, 3.05) is 7.11 Å². The number of hydrogen-bond donors (Lipinski definition) is 3. The lowest BCUT2D eigenvalue weighted by Crippen LogP contribution is -2.22. The first-order chi connectivity index (χ1) is 13.3. The number of unbranched alkanes of at least 4 members (excludes halogenated alkanes) is 2. The summed E-state index contributed by atoms with van der Waals surface area (Å²) in [5, 5.41) is 20.3. The van der Waals surface area contributed by atoms with E-state index in [-0.39, 0.29) is 11.7 Å². The topological polar surface area (TPSA) is 95.9 Å². The van der Waals surface area contributed by atoms with E-state index in [0.29, 0.717) is 31.1 Å². The molecule has 6 heteroatoms. The Morgan fingerprint density at radius 1 is 1.21 bits per heavy atom. The first-order valence-corrected chi connectivity index (χ1v) is 9.81. The van der Waals surface area contributed by atoms with Gasteiger partial charge in [0.1, 0.15) is 0 Å². The maximum Gasteiger partial charge on any atom is 0.303 e. The number of nitrogens with one attached hydrogen (secondary N) is 1. The summed E-state index contributed by atoms with van der Waals surface area (Å²) in [6.45, 7) is 6.60. The molecule has 0 aliphatic heterocycles. The summed E-state index contributed by atoms with van der Waals surface area (Å²) in [6.07, 6.45) is 8.90. The van der Waals surface area contributed by atoms with Gasteiger partial charge >= 0.3 is 5.97 Å². The summed E-state index contributed by atoms with van der Waals surface area (Å²) in [4.78, 5) is 21.4. The van der Waals surface area contributed by atoms with E-state index >= 15 is 0 Å². The van der Waals surface area contributed by atoms with Crippen LogP contribution in [-0.2, 0) is 16.1 Å². The van der Waals surface area contributed by atoms with Gasteiger partial charge in [0.15, 0.2) is 11.5 Å². The third-order valence-electron chi connectivity index (χ3n) is 3.74. The molecule has 0 spiro atoms. The van der Waals surface area contributed by atoms with E-state index in [9.17, 15) is 14.7 Å². The lowest BCUT2D eigenvalue weighted by atomic mass is 10.1. The fourth-order valence-corrected chi connectivity index (χ4v) is 2.25.